The van der Waals surface area contributed by atoms with Crippen LogP contribution in [-0.4, -0.2) is 79.0 Å². The van der Waals surface area contributed by atoms with E-state index in [2.05, 4.69) is 9.80 Å². The minimum absolute atomic E-state index is 0.162. The van der Waals surface area contributed by atoms with Crippen molar-refractivity contribution in [2.75, 3.05) is 52.5 Å². The number of morpholine rings is 1. The monoisotopic (exact) mass is 403 g/mol. The maximum absolute atomic E-state index is 13.3. The molecule has 0 saturated carbocycles. The van der Waals surface area contributed by atoms with Crippen molar-refractivity contribution in [1.82, 2.24) is 14.7 Å². The van der Waals surface area contributed by atoms with Gasteiger partial charge in [-0.15, -0.1) is 0 Å². The zero-order valence-electron chi connectivity index (χ0n) is 16.0. The number of amides is 2. The summed E-state index contributed by atoms with van der Waals surface area (Å²) in [5.41, 5.74) is 1.84. The molecule has 0 bridgehead atoms. The molecule has 2 saturated heterocycles. The van der Waals surface area contributed by atoms with E-state index in [1.54, 1.807) is 12.1 Å². The van der Waals surface area contributed by atoms with Crippen LogP contribution in [0.1, 0.15) is 24.8 Å². The Morgan fingerprint density at radius 1 is 0.857 bits per heavy atom. The number of imide groups is 1. The molecule has 3 aliphatic rings. The van der Waals surface area contributed by atoms with Crippen LogP contribution in [0.15, 0.2) is 30.0 Å². The fourth-order valence-electron chi connectivity index (χ4n) is 4.12. The van der Waals surface area contributed by atoms with Crippen LogP contribution in [-0.2, 0) is 14.3 Å². The molecule has 4 rings (SSSR count). The molecule has 0 unspecified atom stereocenters. The van der Waals surface area contributed by atoms with Crippen LogP contribution < -0.4 is 0 Å². The highest BCUT2D eigenvalue weighted by Crippen LogP contribution is 2.33. The van der Waals surface area contributed by atoms with Crippen molar-refractivity contribution in [3.63, 3.8) is 0 Å². The van der Waals surface area contributed by atoms with E-state index in [9.17, 15) is 9.59 Å². The molecular formula is C21H26ClN3O3. The van der Waals surface area contributed by atoms with Crippen LogP contribution in [0.25, 0.3) is 5.57 Å². The summed E-state index contributed by atoms with van der Waals surface area (Å²) in [4.78, 5) is 32.3. The van der Waals surface area contributed by atoms with Crippen molar-refractivity contribution >= 4 is 29.0 Å². The summed E-state index contributed by atoms with van der Waals surface area (Å²) in [6.07, 6.45) is 3.27. The molecule has 0 aliphatic carbocycles. The predicted molar refractivity (Wildman–Crippen MR) is 108 cm³/mol. The second kappa shape index (κ2) is 8.64. The number of piperidine rings is 1. The molecule has 3 heterocycles. The zero-order chi connectivity index (χ0) is 19.5. The maximum atomic E-state index is 13.3. The van der Waals surface area contributed by atoms with Gasteiger partial charge in [0, 0.05) is 44.3 Å². The van der Waals surface area contributed by atoms with Crippen LogP contribution in [0.5, 0.6) is 0 Å². The molecule has 3 aliphatic heterocycles. The maximum Gasteiger partial charge on any atom is 0.277 e. The lowest BCUT2D eigenvalue weighted by atomic mass is 10.0. The van der Waals surface area contributed by atoms with E-state index in [0.717, 1.165) is 44.6 Å². The second-order valence-corrected chi connectivity index (χ2v) is 7.93. The Balaban J connectivity index is 1.59. The molecule has 7 heteroatoms. The van der Waals surface area contributed by atoms with E-state index in [4.69, 9.17) is 16.3 Å². The van der Waals surface area contributed by atoms with E-state index in [-0.39, 0.29) is 11.8 Å². The number of nitrogens with zero attached hydrogens (tertiary/aromatic N) is 3. The second-order valence-electron chi connectivity index (χ2n) is 7.49. The van der Waals surface area contributed by atoms with E-state index < -0.39 is 0 Å². The van der Waals surface area contributed by atoms with Crippen molar-refractivity contribution in [3.05, 3.63) is 40.5 Å². The fourth-order valence-corrected chi connectivity index (χ4v) is 4.25. The normalized spacial score (nSPS) is 21.8. The van der Waals surface area contributed by atoms with Crippen LogP contribution in [0.4, 0.5) is 0 Å². The first-order chi connectivity index (χ1) is 13.6. The summed E-state index contributed by atoms with van der Waals surface area (Å²) >= 11 is 6.03. The van der Waals surface area contributed by atoms with Crippen LogP contribution in [0.2, 0.25) is 5.02 Å². The molecule has 1 aromatic carbocycles. The Kier molecular flexibility index (Phi) is 5.99. The molecule has 28 heavy (non-hydrogen) atoms. The van der Waals surface area contributed by atoms with Gasteiger partial charge in [0.15, 0.2) is 0 Å². The number of carbonyl (C=O) groups is 2. The Bertz CT molecular complexity index is 766. The molecule has 0 spiro atoms. The highest BCUT2D eigenvalue weighted by molar-refractivity contribution is 6.36. The number of hydrogen-bond donors (Lipinski definition) is 0. The van der Waals surface area contributed by atoms with Crippen molar-refractivity contribution in [2.24, 2.45) is 0 Å². The molecule has 0 atom stereocenters. The van der Waals surface area contributed by atoms with E-state index in [1.807, 2.05) is 12.1 Å². The van der Waals surface area contributed by atoms with Gasteiger partial charge in [-0.3, -0.25) is 19.4 Å². The summed E-state index contributed by atoms with van der Waals surface area (Å²) < 4.78 is 5.38. The van der Waals surface area contributed by atoms with Crippen molar-refractivity contribution in [3.8, 4) is 0 Å². The van der Waals surface area contributed by atoms with Gasteiger partial charge in [0.25, 0.3) is 11.8 Å². The Morgan fingerprint density at radius 2 is 1.54 bits per heavy atom. The van der Waals surface area contributed by atoms with Gasteiger partial charge in [0.05, 0.1) is 18.8 Å². The first-order valence-electron chi connectivity index (χ1n) is 10.1. The number of ether oxygens (including phenoxy) is 1. The summed E-state index contributed by atoms with van der Waals surface area (Å²) in [7, 11) is 0. The number of benzene rings is 1. The van der Waals surface area contributed by atoms with Gasteiger partial charge in [-0.2, -0.15) is 0 Å². The number of hydrogen-bond acceptors (Lipinski definition) is 5. The van der Waals surface area contributed by atoms with Crippen molar-refractivity contribution < 1.29 is 14.3 Å². The lowest BCUT2D eigenvalue weighted by molar-refractivity contribution is -0.138. The summed E-state index contributed by atoms with van der Waals surface area (Å²) in [6, 6.07) is 7.20. The van der Waals surface area contributed by atoms with Gasteiger partial charge < -0.3 is 9.64 Å². The van der Waals surface area contributed by atoms with Gasteiger partial charge in [0.2, 0.25) is 0 Å². The Labute approximate surface area is 170 Å². The number of rotatable bonds is 5. The lowest BCUT2D eigenvalue weighted by Gasteiger charge is -2.30. The van der Waals surface area contributed by atoms with E-state index in [1.165, 1.54) is 11.3 Å². The molecule has 0 radical (unpaired) electrons. The van der Waals surface area contributed by atoms with E-state index in [0.29, 0.717) is 42.6 Å². The van der Waals surface area contributed by atoms with Crippen LogP contribution in [0.3, 0.4) is 0 Å². The highest BCUT2D eigenvalue weighted by atomic mass is 35.5. The number of halogens is 1. The van der Waals surface area contributed by atoms with Crippen LogP contribution >= 0.6 is 11.6 Å². The van der Waals surface area contributed by atoms with Crippen molar-refractivity contribution in [2.45, 2.75) is 19.3 Å². The third-order valence-corrected chi connectivity index (χ3v) is 5.94. The molecule has 1 aromatic rings. The zero-order valence-corrected chi connectivity index (χ0v) is 16.8. The summed E-state index contributed by atoms with van der Waals surface area (Å²) in [6.45, 7) is 5.82. The summed E-state index contributed by atoms with van der Waals surface area (Å²) in [5, 5.41) is 0.616. The lowest BCUT2D eigenvalue weighted by Crippen LogP contribution is -2.44. The molecule has 2 amide bonds. The molecule has 6 nitrogen and oxygen atoms in total. The smallest absolute Gasteiger partial charge is 0.277 e. The molecule has 150 valence electrons. The van der Waals surface area contributed by atoms with Gasteiger partial charge in [-0.05, 0) is 37.0 Å². The van der Waals surface area contributed by atoms with Crippen LogP contribution in [0, 0.1) is 0 Å². The van der Waals surface area contributed by atoms with Gasteiger partial charge in [-0.1, -0.05) is 23.7 Å². The first kappa shape index (κ1) is 19.4. The minimum atomic E-state index is -0.193. The van der Waals surface area contributed by atoms with E-state index >= 15 is 0 Å². The largest absolute Gasteiger partial charge is 0.379 e. The Morgan fingerprint density at radius 3 is 2.21 bits per heavy atom. The summed E-state index contributed by atoms with van der Waals surface area (Å²) in [5.74, 6) is -0.355. The van der Waals surface area contributed by atoms with Gasteiger partial charge in [-0.25, -0.2) is 0 Å². The fraction of sp³-hybridized carbons (Fsp3) is 0.524. The molecular weight excluding hydrogens is 378 g/mol. The number of likely N-dealkylation sites (tertiary alicyclic amines) is 1. The standard InChI is InChI=1S/C21H26ClN3O3/c22-17-6-4-16(5-7-17)18-19(24-8-2-1-3-9-24)21(27)25(20(18)26)11-10-23-12-14-28-15-13-23/h4-7H,1-3,8-15H2. The van der Waals surface area contributed by atoms with Crippen molar-refractivity contribution in [1.29, 1.82) is 0 Å². The topological polar surface area (TPSA) is 53.1 Å². The average molecular weight is 404 g/mol. The Hall–Kier alpha value is -1.89. The molecule has 0 N–H and O–H groups in total. The van der Waals surface area contributed by atoms with Gasteiger partial charge >= 0.3 is 0 Å². The predicted octanol–water partition coefficient (Wildman–Crippen LogP) is 2.24. The highest BCUT2D eigenvalue weighted by Gasteiger charge is 2.41. The first-order valence-corrected chi connectivity index (χ1v) is 10.4. The SMILES string of the molecule is O=C1C(c2ccc(Cl)cc2)=C(N2CCCCC2)C(=O)N1CCN1CCOCC1. The average Bonchev–Trinajstić information content (AvgIpc) is 2.98. The third kappa shape index (κ3) is 3.95. The molecule has 0 aromatic heterocycles. The number of carbonyl (C=O) groups excluding carboxylic acids is 2. The molecule has 2 fully saturated rings. The minimum Gasteiger partial charge on any atom is -0.379 e. The van der Waals surface area contributed by atoms with Gasteiger partial charge in [0.1, 0.15) is 5.70 Å². The quantitative estimate of drug-likeness (QED) is 0.706. The third-order valence-electron chi connectivity index (χ3n) is 5.69.